The fourth-order valence-electron chi connectivity index (χ4n) is 4.31. The first-order valence-corrected chi connectivity index (χ1v) is 12.6. The van der Waals surface area contributed by atoms with Crippen LogP contribution in [0, 0.1) is 6.92 Å². The Hall–Kier alpha value is -5.25. The summed E-state index contributed by atoms with van der Waals surface area (Å²) in [7, 11) is 3.11. The predicted octanol–water partition coefficient (Wildman–Crippen LogP) is 5.11. The van der Waals surface area contributed by atoms with E-state index in [1.54, 1.807) is 57.5 Å². The lowest BCUT2D eigenvalue weighted by atomic mass is 10.1. The first kappa shape index (κ1) is 26.4. The Morgan fingerprint density at radius 2 is 1.68 bits per heavy atom. The van der Waals surface area contributed by atoms with Crippen molar-refractivity contribution in [2.75, 3.05) is 19.5 Å². The van der Waals surface area contributed by atoms with E-state index in [1.807, 2.05) is 31.2 Å². The molecule has 202 valence electrons. The number of methoxy groups -OCH3 is 2. The van der Waals surface area contributed by atoms with Gasteiger partial charge in [0.2, 0.25) is 5.88 Å². The number of hydrogen-bond donors (Lipinski definition) is 1. The molecule has 1 amide bonds. The summed E-state index contributed by atoms with van der Waals surface area (Å²) in [5, 5.41) is 7.91. The van der Waals surface area contributed by atoms with Crippen molar-refractivity contribution < 1.29 is 19.0 Å². The number of benzene rings is 3. The number of amides is 1. The standard InChI is InChI=1S/C30H27N5O5/c1-5-19-8-6-7-9-24(19)35-27(36)14-18(2)28(34-35)29(37)33-20-10-12-21(13-11-20)40-30-22-15-25(38-3)26(39-4)16-23(22)31-17-32-30/h6-17H,5H2,1-4H3,(H,33,37). The Labute approximate surface area is 230 Å². The number of hydrogen-bond acceptors (Lipinski definition) is 8. The second-order valence-corrected chi connectivity index (χ2v) is 8.89. The quantitative estimate of drug-likeness (QED) is 0.290. The minimum atomic E-state index is -0.434. The SMILES string of the molecule is CCc1ccccc1-n1nc(C(=O)Nc2ccc(Oc3ncnc4cc(OC)c(OC)cc34)cc2)c(C)cc1=O. The van der Waals surface area contributed by atoms with Crippen molar-refractivity contribution in [3.63, 3.8) is 0 Å². The number of anilines is 1. The van der Waals surface area contributed by atoms with Crippen LogP contribution in [-0.4, -0.2) is 39.9 Å². The van der Waals surface area contributed by atoms with Gasteiger partial charge in [0.25, 0.3) is 11.5 Å². The third kappa shape index (κ3) is 5.19. The number of aryl methyl sites for hydroxylation is 2. The highest BCUT2D eigenvalue weighted by Crippen LogP contribution is 2.35. The molecule has 0 radical (unpaired) electrons. The van der Waals surface area contributed by atoms with Crippen LogP contribution >= 0.6 is 0 Å². The largest absolute Gasteiger partial charge is 0.493 e. The molecule has 0 saturated carbocycles. The van der Waals surface area contributed by atoms with Gasteiger partial charge in [0, 0.05) is 17.8 Å². The molecule has 10 heteroatoms. The van der Waals surface area contributed by atoms with Crippen LogP contribution in [0.5, 0.6) is 23.1 Å². The van der Waals surface area contributed by atoms with E-state index in [9.17, 15) is 9.59 Å². The van der Waals surface area contributed by atoms with E-state index in [2.05, 4.69) is 20.4 Å². The molecule has 0 bridgehead atoms. The summed E-state index contributed by atoms with van der Waals surface area (Å²) in [6.45, 7) is 3.69. The summed E-state index contributed by atoms with van der Waals surface area (Å²) >= 11 is 0. The molecule has 0 fully saturated rings. The van der Waals surface area contributed by atoms with Gasteiger partial charge in [0.05, 0.1) is 30.8 Å². The van der Waals surface area contributed by atoms with Crippen molar-refractivity contribution in [2.45, 2.75) is 20.3 Å². The third-order valence-electron chi connectivity index (χ3n) is 6.37. The molecular weight excluding hydrogens is 510 g/mol. The summed E-state index contributed by atoms with van der Waals surface area (Å²) < 4.78 is 18.0. The van der Waals surface area contributed by atoms with Gasteiger partial charge in [-0.05, 0) is 60.9 Å². The number of carbonyl (C=O) groups is 1. The summed E-state index contributed by atoms with van der Waals surface area (Å²) in [4.78, 5) is 34.4. The van der Waals surface area contributed by atoms with E-state index in [-0.39, 0.29) is 11.3 Å². The van der Waals surface area contributed by atoms with Gasteiger partial charge in [-0.1, -0.05) is 25.1 Å². The smallest absolute Gasteiger partial charge is 0.276 e. The van der Waals surface area contributed by atoms with Crippen molar-refractivity contribution in [3.05, 3.63) is 100 Å². The van der Waals surface area contributed by atoms with E-state index in [0.717, 1.165) is 12.0 Å². The molecule has 0 aliphatic heterocycles. The lowest BCUT2D eigenvalue weighted by Crippen LogP contribution is -2.27. The molecule has 5 aromatic rings. The van der Waals surface area contributed by atoms with Crippen LogP contribution < -0.4 is 25.1 Å². The van der Waals surface area contributed by atoms with Gasteiger partial charge in [-0.2, -0.15) is 9.78 Å². The minimum absolute atomic E-state index is 0.155. The molecule has 10 nitrogen and oxygen atoms in total. The molecule has 40 heavy (non-hydrogen) atoms. The van der Waals surface area contributed by atoms with E-state index >= 15 is 0 Å². The van der Waals surface area contributed by atoms with Gasteiger partial charge < -0.3 is 19.5 Å². The van der Waals surface area contributed by atoms with Crippen LogP contribution in [0.2, 0.25) is 0 Å². The Balaban J connectivity index is 1.37. The maximum Gasteiger partial charge on any atom is 0.276 e. The van der Waals surface area contributed by atoms with Crippen LogP contribution in [0.15, 0.2) is 77.9 Å². The molecule has 2 heterocycles. The predicted molar refractivity (Wildman–Crippen MR) is 151 cm³/mol. The van der Waals surface area contributed by atoms with Gasteiger partial charge in [-0.3, -0.25) is 9.59 Å². The number of ether oxygens (including phenoxy) is 3. The van der Waals surface area contributed by atoms with E-state index in [0.29, 0.717) is 51.0 Å². The number of para-hydroxylation sites is 1. The van der Waals surface area contributed by atoms with Gasteiger partial charge >= 0.3 is 0 Å². The molecule has 0 unspecified atom stereocenters. The molecule has 5 rings (SSSR count). The highest BCUT2D eigenvalue weighted by molar-refractivity contribution is 6.03. The number of fused-ring (bicyclic) bond motifs is 1. The van der Waals surface area contributed by atoms with Crippen molar-refractivity contribution in [1.82, 2.24) is 19.7 Å². The van der Waals surface area contributed by atoms with Crippen molar-refractivity contribution in [1.29, 1.82) is 0 Å². The Morgan fingerprint density at radius 1 is 0.950 bits per heavy atom. The zero-order valence-electron chi connectivity index (χ0n) is 22.5. The lowest BCUT2D eigenvalue weighted by molar-refractivity contribution is 0.102. The molecule has 0 aliphatic rings. The Kier molecular flexibility index (Phi) is 7.41. The van der Waals surface area contributed by atoms with Crippen LogP contribution in [0.25, 0.3) is 16.6 Å². The molecule has 2 aromatic heterocycles. The fourth-order valence-corrected chi connectivity index (χ4v) is 4.31. The summed E-state index contributed by atoms with van der Waals surface area (Å²) in [6, 6.07) is 19.3. The fraction of sp³-hybridized carbons (Fsp3) is 0.167. The molecule has 0 atom stereocenters. The van der Waals surface area contributed by atoms with Crippen molar-refractivity contribution in [2.24, 2.45) is 0 Å². The Morgan fingerprint density at radius 3 is 2.40 bits per heavy atom. The van der Waals surface area contributed by atoms with Crippen LogP contribution in [-0.2, 0) is 6.42 Å². The Bertz CT molecular complexity index is 1770. The maximum atomic E-state index is 13.2. The number of nitrogens with zero attached hydrogens (tertiary/aromatic N) is 4. The summed E-state index contributed by atoms with van der Waals surface area (Å²) in [5.41, 5.74) is 3.11. The zero-order valence-corrected chi connectivity index (χ0v) is 22.5. The van der Waals surface area contributed by atoms with Gasteiger partial charge in [0.15, 0.2) is 17.2 Å². The number of aromatic nitrogens is 4. The van der Waals surface area contributed by atoms with E-state index in [4.69, 9.17) is 14.2 Å². The lowest BCUT2D eigenvalue weighted by Gasteiger charge is -2.13. The van der Waals surface area contributed by atoms with Crippen molar-refractivity contribution in [3.8, 4) is 28.8 Å². The second-order valence-electron chi connectivity index (χ2n) is 8.89. The van der Waals surface area contributed by atoms with Gasteiger partial charge in [0.1, 0.15) is 12.1 Å². The maximum absolute atomic E-state index is 13.2. The van der Waals surface area contributed by atoms with E-state index < -0.39 is 5.91 Å². The van der Waals surface area contributed by atoms with Crippen LogP contribution in [0.1, 0.15) is 28.5 Å². The molecule has 3 aromatic carbocycles. The average Bonchev–Trinajstić information content (AvgIpc) is 2.97. The van der Waals surface area contributed by atoms with Crippen LogP contribution in [0.3, 0.4) is 0 Å². The topological polar surface area (TPSA) is 117 Å². The van der Waals surface area contributed by atoms with Crippen LogP contribution in [0.4, 0.5) is 5.69 Å². The summed E-state index contributed by atoms with van der Waals surface area (Å²) in [5.74, 6) is 1.50. The molecular formula is C30H27N5O5. The average molecular weight is 538 g/mol. The molecule has 0 aliphatic carbocycles. The zero-order chi connectivity index (χ0) is 28.2. The minimum Gasteiger partial charge on any atom is -0.493 e. The van der Waals surface area contributed by atoms with Gasteiger partial charge in [-0.25, -0.2) is 9.97 Å². The van der Waals surface area contributed by atoms with Gasteiger partial charge in [-0.15, -0.1) is 0 Å². The molecule has 0 saturated heterocycles. The van der Waals surface area contributed by atoms with E-state index in [1.165, 1.54) is 17.1 Å². The monoisotopic (exact) mass is 537 g/mol. The highest BCUT2D eigenvalue weighted by Gasteiger charge is 2.17. The van der Waals surface area contributed by atoms with Crippen molar-refractivity contribution >= 4 is 22.5 Å². The molecule has 0 spiro atoms. The number of nitrogens with one attached hydrogen (secondary N) is 1. The third-order valence-corrected chi connectivity index (χ3v) is 6.37. The normalized spacial score (nSPS) is 10.8. The number of carbonyl (C=O) groups excluding carboxylic acids is 1. The first-order chi connectivity index (χ1) is 19.4. The highest BCUT2D eigenvalue weighted by atomic mass is 16.5. The summed E-state index contributed by atoms with van der Waals surface area (Å²) in [6.07, 6.45) is 2.13. The first-order valence-electron chi connectivity index (χ1n) is 12.6. The number of rotatable bonds is 8. The molecule has 1 N–H and O–H groups in total. The second kappa shape index (κ2) is 11.2.